The van der Waals surface area contributed by atoms with Gasteiger partial charge in [-0.3, -0.25) is 0 Å². The summed E-state index contributed by atoms with van der Waals surface area (Å²) in [7, 11) is 1.98. The maximum Gasteiger partial charge on any atom is 0.133 e. The quantitative estimate of drug-likeness (QED) is 0.820. The van der Waals surface area contributed by atoms with Crippen molar-refractivity contribution in [3.63, 3.8) is 0 Å². The minimum absolute atomic E-state index is 0.280. The third-order valence-corrected chi connectivity index (χ3v) is 2.88. The van der Waals surface area contributed by atoms with Crippen LogP contribution in [0.2, 0.25) is 0 Å². The molecule has 0 saturated carbocycles. The number of anilines is 1. The summed E-state index contributed by atoms with van der Waals surface area (Å²) in [4.78, 5) is 10.9. The SMILES string of the molecule is CCCc1nc(Br)cc(N(C)CCC(C)O)n1. The molecule has 1 unspecified atom stereocenters. The molecule has 96 valence electrons. The molecular weight excluding hydrogens is 282 g/mol. The van der Waals surface area contributed by atoms with Crippen LogP contribution in [-0.2, 0) is 6.42 Å². The van der Waals surface area contributed by atoms with Gasteiger partial charge in [0.1, 0.15) is 16.2 Å². The Morgan fingerprint density at radius 1 is 1.47 bits per heavy atom. The topological polar surface area (TPSA) is 49.2 Å². The second-order valence-electron chi connectivity index (χ2n) is 4.27. The van der Waals surface area contributed by atoms with Crippen LogP contribution in [0, 0.1) is 0 Å². The smallest absolute Gasteiger partial charge is 0.133 e. The van der Waals surface area contributed by atoms with Crippen LogP contribution in [0.25, 0.3) is 0 Å². The van der Waals surface area contributed by atoms with Gasteiger partial charge in [-0.2, -0.15) is 0 Å². The van der Waals surface area contributed by atoms with E-state index < -0.39 is 0 Å². The molecule has 0 saturated heterocycles. The number of hydrogen-bond acceptors (Lipinski definition) is 4. The number of hydrogen-bond donors (Lipinski definition) is 1. The largest absolute Gasteiger partial charge is 0.393 e. The summed E-state index contributed by atoms with van der Waals surface area (Å²) in [6, 6.07) is 1.90. The van der Waals surface area contributed by atoms with Gasteiger partial charge in [0.15, 0.2) is 0 Å². The maximum atomic E-state index is 9.27. The molecule has 5 heteroatoms. The van der Waals surface area contributed by atoms with Gasteiger partial charge in [-0.15, -0.1) is 0 Å². The normalized spacial score (nSPS) is 12.5. The van der Waals surface area contributed by atoms with Crippen LogP contribution in [-0.4, -0.2) is 34.8 Å². The van der Waals surface area contributed by atoms with Gasteiger partial charge >= 0.3 is 0 Å². The van der Waals surface area contributed by atoms with Crippen molar-refractivity contribution in [3.8, 4) is 0 Å². The van der Waals surface area contributed by atoms with E-state index in [9.17, 15) is 5.11 Å². The van der Waals surface area contributed by atoms with Crippen LogP contribution in [0.1, 0.15) is 32.5 Å². The van der Waals surface area contributed by atoms with Gasteiger partial charge < -0.3 is 10.0 Å². The third-order valence-electron chi connectivity index (χ3n) is 2.47. The number of aliphatic hydroxyl groups is 1. The first-order valence-corrected chi connectivity index (χ1v) is 6.75. The van der Waals surface area contributed by atoms with Crippen molar-refractivity contribution in [1.82, 2.24) is 9.97 Å². The Labute approximate surface area is 111 Å². The fraction of sp³-hybridized carbons (Fsp3) is 0.667. The van der Waals surface area contributed by atoms with E-state index in [1.54, 1.807) is 6.92 Å². The molecule has 0 radical (unpaired) electrons. The van der Waals surface area contributed by atoms with Gasteiger partial charge in [0.25, 0.3) is 0 Å². The molecule has 0 bridgehead atoms. The summed E-state index contributed by atoms with van der Waals surface area (Å²) in [5, 5.41) is 9.27. The number of nitrogens with zero attached hydrogens (tertiary/aromatic N) is 3. The predicted molar refractivity (Wildman–Crippen MR) is 73.3 cm³/mol. The lowest BCUT2D eigenvalue weighted by Crippen LogP contribution is -2.23. The van der Waals surface area contributed by atoms with Crippen LogP contribution in [0.15, 0.2) is 10.7 Å². The molecule has 0 aliphatic rings. The summed E-state index contributed by atoms with van der Waals surface area (Å²) in [6.45, 7) is 4.69. The zero-order valence-electron chi connectivity index (χ0n) is 10.6. The summed E-state index contributed by atoms with van der Waals surface area (Å²) in [5.74, 6) is 1.76. The molecule has 0 spiro atoms. The lowest BCUT2D eigenvalue weighted by atomic mass is 10.3. The molecule has 4 nitrogen and oxygen atoms in total. The van der Waals surface area contributed by atoms with Gasteiger partial charge in [0.05, 0.1) is 6.10 Å². The molecule has 0 aliphatic heterocycles. The standard InChI is InChI=1S/C12H20BrN3O/c1-4-5-11-14-10(13)8-12(15-11)16(3)7-6-9(2)17/h8-9,17H,4-7H2,1-3H3. The molecule has 0 amide bonds. The summed E-state index contributed by atoms with van der Waals surface area (Å²) < 4.78 is 0.815. The molecule has 1 atom stereocenters. The average molecular weight is 302 g/mol. The molecule has 0 fully saturated rings. The van der Waals surface area contributed by atoms with Crippen molar-refractivity contribution in [2.24, 2.45) is 0 Å². The second-order valence-corrected chi connectivity index (χ2v) is 5.09. The summed E-state index contributed by atoms with van der Waals surface area (Å²) in [5.41, 5.74) is 0. The Morgan fingerprint density at radius 3 is 2.76 bits per heavy atom. The van der Waals surface area contributed by atoms with Crippen LogP contribution < -0.4 is 4.90 Å². The van der Waals surface area contributed by atoms with Gasteiger partial charge in [0, 0.05) is 26.1 Å². The molecule has 1 N–H and O–H groups in total. The monoisotopic (exact) mass is 301 g/mol. The zero-order chi connectivity index (χ0) is 12.8. The first-order valence-electron chi connectivity index (χ1n) is 5.95. The van der Waals surface area contributed by atoms with Gasteiger partial charge in [-0.05, 0) is 35.7 Å². The molecule has 17 heavy (non-hydrogen) atoms. The molecule has 1 aromatic heterocycles. The second kappa shape index (κ2) is 6.91. The molecule has 1 rings (SSSR count). The van der Waals surface area contributed by atoms with Crippen molar-refractivity contribution in [3.05, 3.63) is 16.5 Å². The van der Waals surface area contributed by atoms with E-state index in [1.165, 1.54) is 0 Å². The van der Waals surface area contributed by atoms with E-state index in [0.29, 0.717) is 0 Å². The van der Waals surface area contributed by atoms with Crippen molar-refractivity contribution in [2.45, 2.75) is 39.2 Å². The highest BCUT2D eigenvalue weighted by Crippen LogP contribution is 2.16. The number of aliphatic hydroxyl groups excluding tert-OH is 1. The highest BCUT2D eigenvalue weighted by Gasteiger charge is 2.08. The number of rotatable bonds is 6. The Morgan fingerprint density at radius 2 is 2.18 bits per heavy atom. The molecule has 0 aliphatic carbocycles. The van der Waals surface area contributed by atoms with E-state index in [1.807, 2.05) is 18.0 Å². The number of aryl methyl sites for hydroxylation is 1. The Kier molecular flexibility index (Phi) is 5.85. The van der Waals surface area contributed by atoms with Crippen molar-refractivity contribution in [1.29, 1.82) is 0 Å². The van der Waals surface area contributed by atoms with E-state index in [2.05, 4.69) is 32.8 Å². The number of aromatic nitrogens is 2. The lowest BCUT2D eigenvalue weighted by molar-refractivity contribution is 0.187. The van der Waals surface area contributed by atoms with E-state index in [0.717, 1.165) is 42.1 Å². The van der Waals surface area contributed by atoms with Gasteiger partial charge in [0.2, 0.25) is 0 Å². The third kappa shape index (κ3) is 5.00. The minimum atomic E-state index is -0.280. The Balaban J connectivity index is 2.74. The zero-order valence-corrected chi connectivity index (χ0v) is 12.2. The van der Waals surface area contributed by atoms with Gasteiger partial charge in [-0.25, -0.2) is 9.97 Å². The van der Waals surface area contributed by atoms with E-state index >= 15 is 0 Å². The highest BCUT2D eigenvalue weighted by atomic mass is 79.9. The fourth-order valence-corrected chi connectivity index (χ4v) is 1.89. The first kappa shape index (κ1) is 14.4. The van der Waals surface area contributed by atoms with Crippen LogP contribution >= 0.6 is 15.9 Å². The molecule has 1 heterocycles. The predicted octanol–water partition coefficient (Wildman–Crippen LogP) is 2.40. The summed E-state index contributed by atoms with van der Waals surface area (Å²) >= 11 is 3.40. The van der Waals surface area contributed by atoms with E-state index in [-0.39, 0.29) is 6.10 Å². The van der Waals surface area contributed by atoms with Crippen molar-refractivity contribution < 1.29 is 5.11 Å². The molecule has 0 aromatic carbocycles. The molecular formula is C12H20BrN3O. The van der Waals surface area contributed by atoms with Crippen LogP contribution in [0.4, 0.5) is 5.82 Å². The highest BCUT2D eigenvalue weighted by molar-refractivity contribution is 9.10. The lowest BCUT2D eigenvalue weighted by Gasteiger charge is -2.19. The van der Waals surface area contributed by atoms with E-state index in [4.69, 9.17) is 0 Å². The fourth-order valence-electron chi connectivity index (χ4n) is 1.48. The number of halogens is 1. The minimum Gasteiger partial charge on any atom is -0.393 e. The van der Waals surface area contributed by atoms with Crippen molar-refractivity contribution in [2.75, 3.05) is 18.5 Å². The average Bonchev–Trinajstić information content (AvgIpc) is 2.25. The summed E-state index contributed by atoms with van der Waals surface area (Å²) in [6.07, 6.45) is 2.38. The molecule has 1 aromatic rings. The van der Waals surface area contributed by atoms with Crippen molar-refractivity contribution >= 4 is 21.7 Å². The van der Waals surface area contributed by atoms with Crippen LogP contribution in [0.3, 0.4) is 0 Å². The Hall–Kier alpha value is -0.680. The van der Waals surface area contributed by atoms with Gasteiger partial charge in [-0.1, -0.05) is 6.92 Å². The van der Waals surface area contributed by atoms with Crippen LogP contribution in [0.5, 0.6) is 0 Å². The maximum absolute atomic E-state index is 9.27. The first-order chi connectivity index (χ1) is 8.02. The Bertz CT molecular complexity index is 358.